The number of methoxy groups -OCH3 is 1. The second-order valence-corrected chi connectivity index (χ2v) is 5.94. The molecule has 0 aliphatic carbocycles. The maximum atomic E-state index is 12.8. The number of carbonyl (C=O) groups is 2. The van der Waals surface area contributed by atoms with Crippen molar-refractivity contribution in [1.29, 1.82) is 0 Å². The molecule has 1 atom stereocenters. The van der Waals surface area contributed by atoms with Gasteiger partial charge in [0.15, 0.2) is 0 Å². The topological polar surface area (TPSA) is 71.1 Å². The molecule has 1 unspecified atom stereocenters. The number of hydrogen-bond donors (Lipinski definition) is 1. The molecule has 2 saturated heterocycles. The minimum Gasteiger partial charge on any atom is -0.385 e. The van der Waals surface area contributed by atoms with Crippen LogP contribution < -0.4 is 10.2 Å². The Morgan fingerprint density at radius 3 is 2.79 bits per heavy atom. The van der Waals surface area contributed by atoms with Gasteiger partial charge in [0.05, 0.1) is 19.3 Å². The van der Waals surface area contributed by atoms with Gasteiger partial charge in [-0.15, -0.1) is 0 Å². The van der Waals surface area contributed by atoms with Crippen molar-refractivity contribution in [3.63, 3.8) is 0 Å². The average Bonchev–Trinajstić information content (AvgIpc) is 3.06. The SMILES string of the molecule is COCCC1COCCN1C(=O)c1ccc(N2CCNC2=O)cc1. The smallest absolute Gasteiger partial charge is 0.321 e. The van der Waals surface area contributed by atoms with Gasteiger partial charge in [-0.25, -0.2) is 4.79 Å². The van der Waals surface area contributed by atoms with Gasteiger partial charge in [-0.3, -0.25) is 9.69 Å². The first kappa shape index (κ1) is 16.7. The lowest BCUT2D eigenvalue weighted by Gasteiger charge is -2.35. The Kier molecular flexibility index (Phi) is 5.32. The van der Waals surface area contributed by atoms with Crippen LogP contribution in [0, 0.1) is 0 Å². The zero-order valence-electron chi connectivity index (χ0n) is 13.9. The number of nitrogens with zero attached hydrogens (tertiary/aromatic N) is 2. The van der Waals surface area contributed by atoms with Crippen LogP contribution in [0.5, 0.6) is 0 Å². The number of anilines is 1. The van der Waals surface area contributed by atoms with Crippen molar-refractivity contribution in [2.75, 3.05) is 51.5 Å². The van der Waals surface area contributed by atoms with Crippen molar-refractivity contribution >= 4 is 17.6 Å². The Morgan fingerprint density at radius 2 is 2.12 bits per heavy atom. The lowest BCUT2D eigenvalue weighted by molar-refractivity contribution is -0.0104. The predicted octanol–water partition coefficient (Wildman–Crippen LogP) is 1.09. The Labute approximate surface area is 141 Å². The predicted molar refractivity (Wildman–Crippen MR) is 89.3 cm³/mol. The van der Waals surface area contributed by atoms with E-state index in [0.717, 1.165) is 12.1 Å². The van der Waals surface area contributed by atoms with E-state index in [-0.39, 0.29) is 18.0 Å². The van der Waals surface area contributed by atoms with Gasteiger partial charge in [0.2, 0.25) is 0 Å². The van der Waals surface area contributed by atoms with Crippen molar-refractivity contribution in [3.05, 3.63) is 29.8 Å². The summed E-state index contributed by atoms with van der Waals surface area (Å²) in [6.45, 7) is 3.58. The summed E-state index contributed by atoms with van der Waals surface area (Å²) in [7, 11) is 1.66. The largest absolute Gasteiger partial charge is 0.385 e. The van der Waals surface area contributed by atoms with E-state index in [4.69, 9.17) is 9.47 Å². The molecule has 2 heterocycles. The molecule has 1 N–H and O–H groups in total. The van der Waals surface area contributed by atoms with E-state index < -0.39 is 0 Å². The average molecular weight is 333 g/mol. The van der Waals surface area contributed by atoms with Crippen LogP contribution >= 0.6 is 0 Å². The van der Waals surface area contributed by atoms with Crippen molar-refractivity contribution in [3.8, 4) is 0 Å². The van der Waals surface area contributed by atoms with Gasteiger partial charge in [0.25, 0.3) is 5.91 Å². The summed E-state index contributed by atoms with van der Waals surface area (Å²) in [5, 5.41) is 2.77. The Hall–Kier alpha value is -2.12. The number of nitrogens with one attached hydrogen (secondary N) is 1. The third-order valence-corrected chi connectivity index (χ3v) is 4.43. The van der Waals surface area contributed by atoms with E-state index in [2.05, 4.69) is 5.32 Å². The molecule has 3 amide bonds. The molecular weight excluding hydrogens is 310 g/mol. The third-order valence-electron chi connectivity index (χ3n) is 4.43. The van der Waals surface area contributed by atoms with Gasteiger partial charge >= 0.3 is 6.03 Å². The second kappa shape index (κ2) is 7.63. The van der Waals surface area contributed by atoms with Crippen molar-refractivity contribution in [2.45, 2.75) is 12.5 Å². The summed E-state index contributed by atoms with van der Waals surface area (Å²) in [5.41, 5.74) is 1.43. The maximum Gasteiger partial charge on any atom is 0.321 e. The van der Waals surface area contributed by atoms with Crippen LogP contribution in [-0.4, -0.2) is 69.4 Å². The standard InChI is InChI=1S/C17H23N3O4/c1-23-10-6-15-12-24-11-9-19(15)16(21)13-2-4-14(5-3-13)20-8-7-18-17(20)22/h2-5,15H,6-12H2,1H3,(H,18,22). The fourth-order valence-corrected chi connectivity index (χ4v) is 3.08. The number of morpholine rings is 1. The van der Waals surface area contributed by atoms with Gasteiger partial charge in [0, 0.05) is 44.6 Å². The number of hydrogen-bond acceptors (Lipinski definition) is 4. The molecule has 2 aliphatic rings. The summed E-state index contributed by atoms with van der Waals surface area (Å²) in [5.74, 6) is -0.00294. The Bertz CT molecular complexity index is 590. The van der Waals surface area contributed by atoms with E-state index in [9.17, 15) is 9.59 Å². The summed E-state index contributed by atoms with van der Waals surface area (Å²) in [6, 6.07) is 7.15. The number of ether oxygens (including phenoxy) is 2. The highest BCUT2D eigenvalue weighted by Crippen LogP contribution is 2.20. The quantitative estimate of drug-likeness (QED) is 0.876. The van der Waals surface area contributed by atoms with E-state index in [1.165, 1.54) is 0 Å². The molecule has 0 aromatic heterocycles. The number of urea groups is 1. The van der Waals surface area contributed by atoms with Crippen molar-refractivity contribution < 1.29 is 19.1 Å². The van der Waals surface area contributed by atoms with Crippen molar-refractivity contribution in [1.82, 2.24) is 10.2 Å². The normalized spacial score (nSPS) is 21.0. The molecule has 2 aliphatic heterocycles. The summed E-state index contributed by atoms with van der Waals surface area (Å²) < 4.78 is 10.6. The first-order valence-electron chi connectivity index (χ1n) is 8.24. The minimum atomic E-state index is -0.0955. The van der Waals surface area contributed by atoms with Crippen LogP contribution in [0.25, 0.3) is 0 Å². The van der Waals surface area contributed by atoms with Gasteiger partial charge in [0.1, 0.15) is 0 Å². The molecular formula is C17H23N3O4. The monoisotopic (exact) mass is 333 g/mol. The maximum absolute atomic E-state index is 12.8. The molecule has 1 aromatic carbocycles. The van der Waals surface area contributed by atoms with E-state index in [1.54, 1.807) is 24.1 Å². The van der Waals surface area contributed by atoms with Crippen LogP contribution in [0.4, 0.5) is 10.5 Å². The molecule has 24 heavy (non-hydrogen) atoms. The zero-order valence-corrected chi connectivity index (χ0v) is 13.9. The highest BCUT2D eigenvalue weighted by atomic mass is 16.5. The van der Waals surface area contributed by atoms with Crippen LogP contribution in [0.15, 0.2) is 24.3 Å². The van der Waals surface area contributed by atoms with Gasteiger partial charge in [-0.05, 0) is 30.7 Å². The molecule has 0 bridgehead atoms. The van der Waals surface area contributed by atoms with Crippen LogP contribution in [0.2, 0.25) is 0 Å². The van der Waals surface area contributed by atoms with E-state index in [0.29, 0.717) is 45.0 Å². The van der Waals surface area contributed by atoms with E-state index >= 15 is 0 Å². The number of benzene rings is 1. The van der Waals surface area contributed by atoms with E-state index in [1.807, 2.05) is 17.0 Å². The molecule has 130 valence electrons. The second-order valence-electron chi connectivity index (χ2n) is 5.94. The molecule has 7 nitrogen and oxygen atoms in total. The molecule has 3 rings (SSSR count). The Balaban J connectivity index is 1.70. The lowest BCUT2D eigenvalue weighted by Crippen LogP contribution is -2.49. The fraction of sp³-hybridized carbons (Fsp3) is 0.529. The summed E-state index contributed by atoms with van der Waals surface area (Å²) >= 11 is 0. The molecule has 1 aromatic rings. The Morgan fingerprint density at radius 1 is 1.33 bits per heavy atom. The number of rotatable bonds is 5. The van der Waals surface area contributed by atoms with Crippen LogP contribution in [-0.2, 0) is 9.47 Å². The van der Waals surface area contributed by atoms with Crippen molar-refractivity contribution in [2.24, 2.45) is 0 Å². The van der Waals surface area contributed by atoms with Gasteiger partial charge < -0.3 is 19.7 Å². The first-order chi connectivity index (χ1) is 11.7. The van der Waals surface area contributed by atoms with Gasteiger partial charge in [-0.2, -0.15) is 0 Å². The summed E-state index contributed by atoms with van der Waals surface area (Å²) in [6.07, 6.45) is 0.758. The lowest BCUT2D eigenvalue weighted by atomic mass is 10.1. The van der Waals surface area contributed by atoms with Crippen LogP contribution in [0.3, 0.4) is 0 Å². The highest BCUT2D eigenvalue weighted by Gasteiger charge is 2.28. The molecule has 2 fully saturated rings. The first-order valence-corrected chi connectivity index (χ1v) is 8.24. The molecule has 0 spiro atoms. The van der Waals surface area contributed by atoms with Crippen LogP contribution in [0.1, 0.15) is 16.8 Å². The third kappa shape index (κ3) is 3.52. The summed E-state index contributed by atoms with van der Waals surface area (Å²) in [4.78, 5) is 28.0. The highest BCUT2D eigenvalue weighted by molar-refractivity contribution is 5.97. The fourth-order valence-electron chi connectivity index (χ4n) is 3.08. The zero-order chi connectivity index (χ0) is 16.9. The molecule has 0 saturated carbocycles. The molecule has 0 radical (unpaired) electrons. The number of amides is 3. The minimum absolute atomic E-state index is 0.00294. The molecule has 7 heteroatoms. The van der Waals surface area contributed by atoms with Gasteiger partial charge in [-0.1, -0.05) is 0 Å². The number of carbonyl (C=O) groups excluding carboxylic acids is 2.